The Morgan fingerprint density at radius 2 is 1.88 bits per heavy atom. The van der Waals surface area contributed by atoms with Gasteiger partial charge in [-0.2, -0.15) is 4.98 Å². The monoisotopic (exact) mass is 513 g/mol. The number of rotatable bonds is 7. The van der Waals surface area contributed by atoms with Gasteiger partial charge in [0.05, 0.1) is 18.5 Å². The van der Waals surface area contributed by atoms with Crippen LogP contribution in [0.1, 0.15) is 24.6 Å². The molecule has 2 aromatic heterocycles. The van der Waals surface area contributed by atoms with Gasteiger partial charge in [-0.3, -0.25) is 9.13 Å². The summed E-state index contributed by atoms with van der Waals surface area (Å²) in [6.45, 7) is 0.872. The number of imidazole rings is 1. The van der Waals surface area contributed by atoms with Gasteiger partial charge in [-0.15, -0.1) is 5.10 Å². The molecule has 14 nitrogen and oxygen atoms in total. The lowest BCUT2D eigenvalue weighted by molar-refractivity contribution is -0.0204. The van der Waals surface area contributed by atoms with Crippen LogP contribution in [0.15, 0.2) is 6.20 Å². The van der Waals surface area contributed by atoms with Crippen LogP contribution < -0.4 is 4.90 Å². The molecule has 0 aliphatic carbocycles. The average Bonchev–Trinajstić information content (AvgIpc) is 3.39. The highest BCUT2D eigenvalue weighted by molar-refractivity contribution is 7.70. The molecule has 0 saturated carbocycles. The highest BCUT2D eigenvalue weighted by atomic mass is 35.5. The third-order valence-electron chi connectivity index (χ3n) is 5.21. The maximum absolute atomic E-state index is 11.9. The quantitative estimate of drug-likeness (QED) is 0.307. The van der Waals surface area contributed by atoms with Crippen LogP contribution >= 0.6 is 26.8 Å². The summed E-state index contributed by atoms with van der Waals surface area (Å²) in [5.41, 5.74) is 0.652. The number of ether oxygens (including phenoxy) is 1. The van der Waals surface area contributed by atoms with Crippen molar-refractivity contribution in [3.8, 4) is 0 Å². The Morgan fingerprint density at radius 1 is 1.19 bits per heavy atom. The lowest BCUT2D eigenvalue weighted by Gasteiger charge is -2.18. The zero-order valence-corrected chi connectivity index (χ0v) is 19.1. The molecule has 2 aliphatic heterocycles. The van der Waals surface area contributed by atoms with Gasteiger partial charge in [-0.1, -0.05) is 0 Å². The molecule has 178 valence electrons. The number of aliphatic hydroxyl groups excluding tert-OH is 2. The number of fused-ring (bicyclic) bond motifs is 1. The van der Waals surface area contributed by atoms with E-state index in [4.69, 9.17) is 30.6 Å². The van der Waals surface area contributed by atoms with Crippen molar-refractivity contribution in [2.75, 3.05) is 30.5 Å². The van der Waals surface area contributed by atoms with E-state index in [0.717, 1.165) is 25.9 Å². The summed E-state index contributed by atoms with van der Waals surface area (Å²) in [6, 6.07) is 0. The molecule has 0 radical (unpaired) electrons. The Hall–Kier alpha value is -1.18. The van der Waals surface area contributed by atoms with E-state index in [-0.39, 0.29) is 11.0 Å². The SMILES string of the molecule is O=P(O)(O)CP(=O)(O)OC[C@H]1O[C@@H](c2cnc3c(N4CCCC4)nc(Cl)nn23)[C@H](O)[C@@H]1O. The van der Waals surface area contributed by atoms with Crippen molar-refractivity contribution in [1.82, 2.24) is 19.6 Å². The van der Waals surface area contributed by atoms with Crippen molar-refractivity contribution in [2.24, 2.45) is 0 Å². The fourth-order valence-corrected chi connectivity index (χ4v) is 6.51. The van der Waals surface area contributed by atoms with Gasteiger partial charge in [0.2, 0.25) is 5.28 Å². The van der Waals surface area contributed by atoms with Crippen LogP contribution in [-0.2, 0) is 18.4 Å². The number of halogens is 1. The van der Waals surface area contributed by atoms with E-state index >= 15 is 0 Å². The van der Waals surface area contributed by atoms with Crippen LogP contribution in [0.5, 0.6) is 0 Å². The smallest absolute Gasteiger partial charge is 0.340 e. The standard InChI is InChI=1S/C15H22ClN5O9P2/c16-15-18-14(20-3-1-2-4-20)13-17-5-8(21(13)19-15)12-11(23)10(22)9(30-12)6-29-32(27,28)7-31(24,25)26/h5,9-12,22-23H,1-4,6-7H2,(H,27,28)(H2,24,25,26)/t9-,10-,11-,12+/m1/s1. The van der Waals surface area contributed by atoms with Gasteiger partial charge in [0.1, 0.15) is 24.4 Å². The first kappa shape index (κ1) is 24.0. The molecule has 1 unspecified atom stereocenters. The molecule has 2 fully saturated rings. The van der Waals surface area contributed by atoms with Crippen LogP contribution in [0, 0.1) is 0 Å². The highest BCUT2D eigenvalue weighted by Gasteiger charge is 2.46. The van der Waals surface area contributed by atoms with Crippen molar-refractivity contribution in [1.29, 1.82) is 0 Å². The largest absolute Gasteiger partial charge is 0.387 e. The maximum Gasteiger partial charge on any atom is 0.340 e. The van der Waals surface area contributed by atoms with E-state index in [0.29, 0.717) is 11.5 Å². The molecule has 32 heavy (non-hydrogen) atoms. The summed E-state index contributed by atoms with van der Waals surface area (Å²) in [4.78, 5) is 37.9. The fraction of sp³-hybridized carbons (Fsp3) is 0.667. The van der Waals surface area contributed by atoms with Gasteiger partial charge in [-0.05, 0) is 24.4 Å². The molecule has 0 spiro atoms. The Labute approximate surface area is 186 Å². The van der Waals surface area contributed by atoms with E-state index in [1.807, 2.05) is 4.90 Å². The second-order valence-electron chi connectivity index (χ2n) is 7.63. The minimum atomic E-state index is -4.81. The molecular weight excluding hydrogens is 492 g/mol. The fourth-order valence-electron chi connectivity index (χ4n) is 3.79. The molecule has 5 atom stereocenters. The van der Waals surface area contributed by atoms with Gasteiger partial charge in [-0.25, -0.2) is 9.50 Å². The number of aliphatic hydroxyl groups is 2. The summed E-state index contributed by atoms with van der Waals surface area (Å²) < 4.78 is 34.5. The van der Waals surface area contributed by atoms with Gasteiger partial charge >= 0.3 is 15.2 Å². The molecule has 0 aromatic carbocycles. The van der Waals surface area contributed by atoms with Crippen molar-refractivity contribution in [2.45, 2.75) is 37.3 Å². The molecule has 4 heterocycles. The molecule has 2 aromatic rings. The molecule has 0 amide bonds. The molecule has 17 heteroatoms. The number of hydrogen-bond acceptors (Lipinski definition) is 10. The minimum Gasteiger partial charge on any atom is -0.387 e. The van der Waals surface area contributed by atoms with Crippen molar-refractivity contribution in [3.05, 3.63) is 17.2 Å². The zero-order chi connectivity index (χ0) is 23.3. The molecular formula is C15H22ClN5O9P2. The molecule has 5 N–H and O–H groups in total. The highest BCUT2D eigenvalue weighted by Crippen LogP contribution is 2.55. The van der Waals surface area contributed by atoms with Crippen LogP contribution in [0.3, 0.4) is 0 Å². The van der Waals surface area contributed by atoms with E-state index in [9.17, 15) is 24.2 Å². The van der Waals surface area contributed by atoms with Crippen molar-refractivity contribution >= 4 is 38.3 Å². The average molecular weight is 514 g/mol. The summed E-state index contributed by atoms with van der Waals surface area (Å²) >= 11 is 6.09. The van der Waals surface area contributed by atoms with Crippen LogP contribution in [0.2, 0.25) is 5.28 Å². The summed E-state index contributed by atoms with van der Waals surface area (Å²) in [5.74, 6) is -0.850. The van der Waals surface area contributed by atoms with Gasteiger partial charge < -0.3 is 39.1 Å². The second kappa shape index (κ2) is 8.88. The van der Waals surface area contributed by atoms with Gasteiger partial charge in [0.15, 0.2) is 17.4 Å². The first-order chi connectivity index (χ1) is 15.0. The minimum absolute atomic E-state index is 0.0507. The Morgan fingerprint density at radius 3 is 2.53 bits per heavy atom. The normalized spacial score (nSPS) is 28.5. The molecule has 0 bridgehead atoms. The third kappa shape index (κ3) is 5.00. The predicted molar refractivity (Wildman–Crippen MR) is 110 cm³/mol. The number of aromatic nitrogens is 4. The van der Waals surface area contributed by atoms with Crippen LogP contribution in [0.25, 0.3) is 5.65 Å². The number of anilines is 1. The topological polar surface area (TPSA) is 200 Å². The van der Waals surface area contributed by atoms with Gasteiger partial charge in [0, 0.05) is 13.1 Å². The maximum atomic E-state index is 11.9. The Bertz CT molecular complexity index is 1090. The summed E-state index contributed by atoms with van der Waals surface area (Å²) in [6.07, 6.45) is -1.98. The first-order valence-electron chi connectivity index (χ1n) is 9.64. The van der Waals surface area contributed by atoms with E-state index in [1.54, 1.807) is 0 Å². The number of nitrogens with zero attached hydrogens (tertiary/aromatic N) is 5. The Kier molecular flexibility index (Phi) is 6.65. The second-order valence-corrected chi connectivity index (χ2v) is 12.0. The number of hydrogen-bond donors (Lipinski definition) is 5. The van der Waals surface area contributed by atoms with Crippen LogP contribution in [0.4, 0.5) is 5.82 Å². The zero-order valence-electron chi connectivity index (χ0n) is 16.5. The Balaban J connectivity index is 1.55. The van der Waals surface area contributed by atoms with Gasteiger partial charge in [0.25, 0.3) is 0 Å². The van der Waals surface area contributed by atoms with E-state index in [2.05, 4.69) is 15.1 Å². The van der Waals surface area contributed by atoms with E-state index in [1.165, 1.54) is 10.7 Å². The third-order valence-corrected chi connectivity index (χ3v) is 8.82. The van der Waals surface area contributed by atoms with Crippen molar-refractivity contribution in [3.63, 3.8) is 0 Å². The van der Waals surface area contributed by atoms with Crippen molar-refractivity contribution < 1.29 is 43.3 Å². The lowest BCUT2D eigenvalue weighted by atomic mass is 10.1. The summed E-state index contributed by atoms with van der Waals surface area (Å²) in [5, 5.41) is 24.9. The van der Waals surface area contributed by atoms with Crippen LogP contribution in [-0.4, -0.2) is 88.4 Å². The first-order valence-corrected chi connectivity index (χ1v) is 13.6. The van der Waals surface area contributed by atoms with E-state index < -0.39 is 52.1 Å². The molecule has 2 aliphatic rings. The molecule has 2 saturated heterocycles. The summed E-state index contributed by atoms with van der Waals surface area (Å²) in [7, 11) is -9.46. The lowest BCUT2D eigenvalue weighted by Crippen LogP contribution is -2.33. The molecule has 4 rings (SSSR count). The predicted octanol–water partition coefficient (Wildman–Crippen LogP) is -0.123.